The number of aromatic nitrogens is 1. The number of hydrogen-bond donors (Lipinski definition) is 0. The van der Waals surface area contributed by atoms with E-state index in [0.29, 0.717) is 43.9 Å². The molecule has 3 aromatic rings. The maximum absolute atomic E-state index is 13.4. The van der Waals surface area contributed by atoms with E-state index in [9.17, 15) is 12.8 Å². The lowest BCUT2D eigenvalue weighted by atomic mass is 10.1. The molecule has 0 spiro atoms. The predicted octanol–water partition coefficient (Wildman–Crippen LogP) is 4.99. The highest BCUT2D eigenvalue weighted by molar-refractivity contribution is 7.92. The highest BCUT2D eigenvalue weighted by atomic mass is 35.5. The quantitative estimate of drug-likeness (QED) is 0.446. The van der Waals surface area contributed by atoms with Crippen LogP contribution in [-0.2, 0) is 16.3 Å². The third-order valence-corrected chi connectivity index (χ3v) is 9.24. The fourth-order valence-electron chi connectivity index (χ4n) is 3.92. The number of halogens is 2. The molecule has 1 aliphatic heterocycles. The van der Waals surface area contributed by atoms with Crippen molar-refractivity contribution in [1.29, 1.82) is 0 Å². The van der Waals surface area contributed by atoms with Crippen LogP contribution in [-0.4, -0.2) is 46.0 Å². The molecule has 0 N–H and O–H groups in total. The first-order valence-electron chi connectivity index (χ1n) is 10.4. The van der Waals surface area contributed by atoms with E-state index in [1.165, 1.54) is 37.7 Å². The number of nitrogens with zero attached hydrogens (tertiary/aromatic N) is 2. The van der Waals surface area contributed by atoms with Crippen LogP contribution in [0.1, 0.15) is 24.1 Å². The molecule has 1 saturated heterocycles. The minimum atomic E-state index is -3.49. The summed E-state index contributed by atoms with van der Waals surface area (Å²) in [5.74, 6) is 0.452. The van der Waals surface area contributed by atoms with Gasteiger partial charge >= 0.3 is 0 Å². The molecule has 2 aromatic carbocycles. The van der Waals surface area contributed by atoms with Gasteiger partial charge in [0.15, 0.2) is 26.5 Å². The van der Waals surface area contributed by atoms with E-state index in [4.69, 9.17) is 26.1 Å². The molecule has 0 unspecified atom stereocenters. The van der Waals surface area contributed by atoms with Gasteiger partial charge in [0.1, 0.15) is 5.82 Å². The van der Waals surface area contributed by atoms with Gasteiger partial charge in [0, 0.05) is 31.0 Å². The number of rotatable bonds is 7. The summed E-state index contributed by atoms with van der Waals surface area (Å²) in [4.78, 5) is 7.06. The molecule has 1 aromatic heterocycles. The molecule has 0 saturated carbocycles. The van der Waals surface area contributed by atoms with E-state index >= 15 is 0 Å². The summed E-state index contributed by atoms with van der Waals surface area (Å²) in [6.07, 6.45) is 1.58. The molecule has 0 radical (unpaired) electrons. The van der Waals surface area contributed by atoms with E-state index < -0.39 is 20.9 Å². The molecule has 0 aliphatic carbocycles. The zero-order valence-electron chi connectivity index (χ0n) is 18.3. The summed E-state index contributed by atoms with van der Waals surface area (Å²) in [5.41, 5.74) is 1.76. The molecular weight excluding hydrogens is 487 g/mol. The van der Waals surface area contributed by atoms with Crippen LogP contribution in [0.3, 0.4) is 0 Å². The third kappa shape index (κ3) is 5.10. The van der Waals surface area contributed by atoms with Gasteiger partial charge in [-0.25, -0.2) is 17.8 Å². The van der Waals surface area contributed by atoms with Crippen molar-refractivity contribution in [2.24, 2.45) is 0 Å². The standard InChI is InChI=1S/C23H24ClFN2O4S2/c1-30-21-6-4-18(13-22(21)31-2)33(28,29)17-7-9-27(10-8-17)23-26-16(14-32-23)11-15-3-5-20(25)19(24)12-15/h3-6,12-14,17H,7-11H2,1-2H3. The monoisotopic (exact) mass is 510 g/mol. The largest absolute Gasteiger partial charge is 0.493 e. The van der Waals surface area contributed by atoms with Gasteiger partial charge in [0.2, 0.25) is 0 Å². The van der Waals surface area contributed by atoms with E-state index in [2.05, 4.69) is 4.90 Å². The first-order valence-corrected chi connectivity index (χ1v) is 13.2. The number of piperidine rings is 1. The number of anilines is 1. The van der Waals surface area contributed by atoms with Crippen LogP contribution in [0.25, 0.3) is 0 Å². The topological polar surface area (TPSA) is 68.7 Å². The Labute approximate surface area is 201 Å². The second-order valence-corrected chi connectivity index (χ2v) is 11.3. The molecule has 10 heteroatoms. The molecule has 2 heterocycles. The SMILES string of the molecule is COc1ccc(S(=O)(=O)C2CCN(c3nc(Cc4ccc(F)c(Cl)c4)cs3)CC2)cc1OC. The van der Waals surface area contributed by atoms with Gasteiger partial charge in [-0.2, -0.15) is 0 Å². The molecule has 0 bridgehead atoms. The molecular formula is C23H24ClFN2O4S2. The molecule has 6 nitrogen and oxygen atoms in total. The number of hydrogen-bond acceptors (Lipinski definition) is 7. The summed E-state index contributed by atoms with van der Waals surface area (Å²) in [5, 5.41) is 2.47. The molecule has 176 valence electrons. The zero-order valence-corrected chi connectivity index (χ0v) is 20.6. The Balaban J connectivity index is 1.41. The van der Waals surface area contributed by atoms with Crippen LogP contribution in [0.2, 0.25) is 5.02 Å². The van der Waals surface area contributed by atoms with Crippen LogP contribution in [0.4, 0.5) is 9.52 Å². The van der Waals surface area contributed by atoms with Crippen molar-refractivity contribution in [2.75, 3.05) is 32.2 Å². The molecule has 1 fully saturated rings. The van der Waals surface area contributed by atoms with Crippen molar-refractivity contribution in [1.82, 2.24) is 4.98 Å². The second-order valence-electron chi connectivity index (χ2n) is 7.79. The molecule has 0 amide bonds. The van der Waals surface area contributed by atoms with Gasteiger partial charge < -0.3 is 14.4 Å². The summed E-state index contributed by atoms with van der Waals surface area (Å²) in [7, 11) is -0.490. The van der Waals surface area contributed by atoms with Crippen LogP contribution in [0.15, 0.2) is 46.7 Å². The van der Waals surface area contributed by atoms with Crippen LogP contribution >= 0.6 is 22.9 Å². The highest BCUT2D eigenvalue weighted by Crippen LogP contribution is 2.34. The van der Waals surface area contributed by atoms with Gasteiger partial charge in [-0.15, -0.1) is 11.3 Å². The number of ether oxygens (including phenoxy) is 2. The highest BCUT2D eigenvalue weighted by Gasteiger charge is 2.32. The Morgan fingerprint density at radius 3 is 2.52 bits per heavy atom. The molecule has 33 heavy (non-hydrogen) atoms. The van der Waals surface area contributed by atoms with Crippen molar-refractivity contribution in [3.63, 3.8) is 0 Å². The van der Waals surface area contributed by atoms with Crippen LogP contribution < -0.4 is 14.4 Å². The average Bonchev–Trinajstić information content (AvgIpc) is 3.29. The summed E-state index contributed by atoms with van der Waals surface area (Å²) >= 11 is 7.40. The first-order chi connectivity index (χ1) is 15.8. The maximum atomic E-state index is 13.4. The molecule has 1 aliphatic rings. The van der Waals surface area contributed by atoms with Gasteiger partial charge in [0.25, 0.3) is 0 Å². The van der Waals surface area contributed by atoms with E-state index in [-0.39, 0.29) is 9.92 Å². The Kier molecular flexibility index (Phi) is 7.11. The summed E-state index contributed by atoms with van der Waals surface area (Å²) in [6, 6.07) is 9.37. The van der Waals surface area contributed by atoms with Crippen LogP contribution in [0.5, 0.6) is 11.5 Å². The van der Waals surface area contributed by atoms with Crippen molar-refractivity contribution < 1.29 is 22.3 Å². The Morgan fingerprint density at radius 1 is 1.12 bits per heavy atom. The number of methoxy groups -OCH3 is 2. The van der Waals surface area contributed by atoms with E-state index in [1.54, 1.807) is 24.3 Å². The van der Waals surface area contributed by atoms with Gasteiger partial charge in [0.05, 0.1) is 35.1 Å². The molecule has 0 atom stereocenters. The Bertz CT molecular complexity index is 1240. The maximum Gasteiger partial charge on any atom is 0.185 e. The second kappa shape index (κ2) is 9.87. The van der Waals surface area contributed by atoms with Gasteiger partial charge in [-0.3, -0.25) is 0 Å². The van der Waals surface area contributed by atoms with Crippen molar-refractivity contribution in [3.8, 4) is 11.5 Å². The number of thiazole rings is 1. The lowest BCUT2D eigenvalue weighted by Gasteiger charge is -2.31. The van der Waals surface area contributed by atoms with Crippen molar-refractivity contribution in [3.05, 3.63) is 63.9 Å². The van der Waals surface area contributed by atoms with E-state index in [1.807, 2.05) is 5.38 Å². The van der Waals surface area contributed by atoms with Crippen molar-refractivity contribution >= 4 is 37.9 Å². The predicted molar refractivity (Wildman–Crippen MR) is 128 cm³/mol. The average molecular weight is 511 g/mol. The Morgan fingerprint density at radius 2 is 1.85 bits per heavy atom. The van der Waals surface area contributed by atoms with E-state index in [0.717, 1.165) is 16.4 Å². The number of benzene rings is 2. The van der Waals surface area contributed by atoms with Gasteiger partial charge in [-0.05, 0) is 42.7 Å². The minimum absolute atomic E-state index is 0.0979. The Hall–Kier alpha value is -2.36. The zero-order chi connectivity index (χ0) is 23.6. The first kappa shape index (κ1) is 23.8. The lowest BCUT2D eigenvalue weighted by molar-refractivity contribution is 0.354. The van der Waals surface area contributed by atoms with Gasteiger partial charge in [-0.1, -0.05) is 17.7 Å². The number of sulfone groups is 1. The summed E-state index contributed by atoms with van der Waals surface area (Å²) in [6.45, 7) is 1.21. The lowest BCUT2D eigenvalue weighted by Crippen LogP contribution is -2.39. The molecule has 4 rings (SSSR count). The van der Waals surface area contributed by atoms with Crippen LogP contribution in [0, 0.1) is 5.82 Å². The normalized spacial score (nSPS) is 15.0. The fourth-order valence-corrected chi connectivity index (χ4v) is 6.75. The third-order valence-electron chi connectivity index (χ3n) is 5.74. The summed E-state index contributed by atoms with van der Waals surface area (Å²) < 4.78 is 50.2. The fraction of sp³-hybridized carbons (Fsp3) is 0.348. The minimum Gasteiger partial charge on any atom is -0.493 e. The van der Waals surface area contributed by atoms with Crippen molar-refractivity contribution in [2.45, 2.75) is 29.4 Å². The smallest absolute Gasteiger partial charge is 0.185 e.